The van der Waals surface area contributed by atoms with Crippen molar-refractivity contribution in [3.8, 4) is 0 Å². The number of hydrogen-bond acceptors (Lipinski definition) is 0. The Morgan fingerprint density at radius 3 is 0.857 bits per heavy atom. The van der Waals surface area contributed by atoms with Gasteiger partial charge in [0, 0.05) is 0 Å². The van der Waals surface area contributed by atoms with Gasteiger partial charge in [-0.05, 0) is 0 Å². The molecular formula is H4AlCl4LiTi. The summed E-state index contributed by atoms with van der Waals surface area (Å²) in [7, 11) is 20.1. The fourth-order valence-electron chi connectivity index (χ4n) is 0. The predicted octanol–water partition coefficient (Wildman–Crippen LogP) is 0.923. The van der Waals surface area contributed by atoms with Gasteiger partial charge in [0.05, 0.1) is 0 Å². The van der Waals surface area contributed by atoms with Gasteiger partial charge in [0.15, 0.2) is 17.4 Å². The van der Waals surface area contributed by atoms with Crippen LogP contribution in [0.5, 0.6) is 0 Å². The Balaban J connectivity index is -0.0000000800. The molecule has 0 bridgehead atoms. The maximum atomic E-state index is 5.01. The van der Waals surface area contributed by atoms with Crippen molar-refractivity contribution >= 4 is 73.4 Å². The summed E-state index contributed by atoms with van der Waals surface area (Å²) >= 11 is -3.11. The molecular weight excluding hydrogens is 224 g/mol. The van der Waals surface area contributed by atoms with E-state index in [2.05, 4.69) is 0 Å². The third-order valence-corrected chi connectivity index (χ3v) is 0. The first-order chi connectivity index (χ1) is 2.00. The minimum atomic E-state index is -3.11. The van der Waals surface area contributed by atoms with Crippen LogP contribution in [0.15, 0.2) is 0 Å². The summed E-state index contributed by atoms with van der Waals surface area (Å²) in [6.45, 7) is 0. The third-order valence-electron chi connectivity index (χ3n) is 0. The van der Waals surface area contributed by atoms with Gasteiger partial charge in [0.25, 0.3) is 0 Å². The summed E-state index contributed by atoms with van der Waals surface area (Å²) in [5, 5.41) is 0. The van der Waals surface area contributed by atoms with Crippen LogP contribution in [0.3, 0.4) is 0 Å². The molecule has 0 rings (SSSR count). The van der Waals surface area contributed by atoms with Crippen molar-refractivity contribution in [3.05, 3.63) is 0 Å². The monoisotopic (exact) mass is 226 g/mol. The molecule has 7 heavy (non-hydrogen) atoms. The molecule has 0 unspecified atom stereocenters. The molecule has 0 radical (unpaired) electrons. The summed E-state index contributed by atoms with van der Waals surface area (Å²) in [6.07, 6.45) is 0. The van der Waals surface area contributed by atoms with Crippen molar-refractivity contribution in [2.45, 2.75) is 0 Å². The van der Waals surface area contributed by atoms with E-state index in [1.165, 1.54) is 0 Å². The van der Waals surface area contributed by atoms with Crippen molar-refractivity contribution in [2.24, 2.45) is 0 Å². The Labute approximate surface area is 84.4 Å². The van der Waals surface area contributed by atoms with Gasteiger partial charge in [-0.25, -0.2) is 0 Å². The molecule has 0 amide bonds. The van der Waals surface area contributed by atoms with E-state index in [0.29, 0.717) is 0 Å². The van der Waals surface area contributed by atoms with Gasteiger partial charge in [0.2, 0.25) is 0 Å². The Morgan fingerprint density at radius 2 is 0.857 bits per heavy atom. The minimum absolute atomic E-state index is 0. The molecule has 0 aromatic carbocycles. The Kier molecular flexibility index (Phi) is 16.8. The number of halogens is 4. The molecule has 0 atom stereocenters. The quantitative estimate of drug-likeness (QED) is 0.540. The first-order valence-corrected chi connectivity index (χ1v) is 9.35. The van der Waals surface area contributed by atoms with E-state index >= 15 is 0 Å². The number of hydrogen-bond donors (Lipinski definition) is 0. The van der Waals surface area contributed by atoms with Crippen molar-refractivity contribution in [1.29, 1.82) is 0 Å². The van der Waals surface area contributed by atoms with Crippen LogP contribution in [0, 0.1) is 0 Å². The van der Waals surface area contributed by atoms with Gasteiger partial charge in [-0.3, -0.25) is 0 Å². The van der Waals surface area contributed by atoms with Crippen LogP contribution in [0.25, 0.3) is 0 Å². The van der Waals surface area contributed by atoms with Crippen LogP contribution in [0.2, 0.25) is 0 Å². The molecule has 0 nitrogen and oxygen atoms in total. The van der Waals surface area contributed by atoms with Crippen LogP contribution < -0.4 is 0 Å². The topological polar surface area (TPSA) is 0 Å². The average molecular weight is 228 g/mol. The predicted molar refractivity (Wildman–Crippen MR) is 40.5 cm³/mol. The molecule has 0 aromatic rings. The zero-order valence-electron chi connectivity index (χ0n) is 2.01. The van der Waals surface area contributed by atoms with Crippen molar-refractivity contribution in [2.75, 3.05) is 0 Å². The Bertz CT molecular complexity index is 27.2. The standard InChI is InChI=1S/Al.4ClH.Li.Ti.4H/h;4*1H;;;;;;/q;;;;;;+4;;;;/p-4. The molecule has 7 heteroatoms. The van der Waals surface area contributed by atoms with Crippen molar-refractivity contribution in [3.63, 3.8) is 0 Å². The molecule has 40 valence electrons. The summed E-state index contributed by atoms with van der Waals surface area (Å²) in [4.78, 5) is 0. The van der Waals surface area contributed by atoms with Crippen molar-refractivity contribution in [1.82, 2.24) is 0 Å². The van der Waals surface area contributed by atoms with Gasteiger partial charge < -0.3 is 0 Å². The van der Waals surface area contributed by atoms with Crippen LogP contribution >= 0.6 is 37.2 Å². The van der Waals surface area contributed by atoms with E-state index in [1.54, 1.807) is 0 Å². The average Bonchev–Trinajstić information content (AvgIpc) is 0.722. The van der Waals surface area contributed by atoms with E-state index in [9.17, 15) is 0 Å². The molecule has 0 fully saturated rings. The van der Waals surface area contributed by atoms with Gasteiger partial charge in [-0.2, -0.15) is 0 Å². The third kappa shape index (κ3) is 48.9. The second kappa shape index (κ2) is 7.12. The van der Waals surface area contributed by atoms with Crippen LogP contribution in [-0.4, -0.2) is 36.2 Å². The second-order valence-corrected chi connectivity index (χ2v) is 15.9. The van der Waals surface area contributed by atoms with Gasteiger partial charge in [0.1, 0.15) is 0 Å². The van der Waals surface area contributed by atoms with Crippen molar-refractivity contribution < 1.29 is 12.3 Å². The fraction of sp³-hybridized carbons (Fsp3) is 0. The SMILES string of the molecule is [AlH3].[Cl][Ti]([Cl])([Cl])[Cl].[LiH]. The molecule has 0 aliphatic heterocycles. The summed E-state index contributed by atoms with van der Waals surface area (Å²) in [5.41, 5.74) is 0. The fourth-order valence-corrected chi connectivity index (χ4v) is 0. The van der Waals surface area contributed by atoms with Crippen LogP contribution in [0.1, 0.15) is 0 Å². The van der Waals surface area contributed by atoms with Crippen LogP contribution in [-0.2, 0) is 12.3 Å². The Morgan fingerprint density at radius 1 is 0.857 bits per heavy atom. The summed E-state index contributed by atoms with van der Waals surface area (Å²) in [6, 6.07) is 0. The molecule has 0 saturated heterocycles. The molecule has 0 heterocycles. The Hall–Kier alpha value is 3.00. The van der Waals surface area contributed by atoms with E-state index in [1.807, 2.05) is 0 Å². The van der Waals surface area contributed by atoms with Gasteiger partial charge in [-0.1, -0.05) is 0 Å². The zero-order valence-corrected chi connectivity index (χ0v) is 6.60. The maximum absolute atomic E-state index is 5.01. The summed E-state index contributed by atoms with van der Waals surface area (Å²) in [5.74, 6) is 0. The molecule has 0 aromatic heterocycles. The summed E-state index contributed by atoms with van der Waals surface area (Å²) < 4.78 is 0. The molecule has 0 saturated carbocycles. The zero-order chi connectivity index (χ0) is 4.50. The first-order valence-electron chi connectivity index (χ1n) is 0.756. The van der Waals surface area contributed by atoms with Gasteiger partial charge >= 0.3 is 68.4 Å². The normalized spacial score (nSPS) is 8.57. The number of rotatable bonds is 0. The second-order valence-electron chi connectivity index (χ2n) is 0.429. The van der Waals surface area contributed by atoms with E-state index < -0.39 is 12.3 Å². The molecule has 0 N–H and O–H groups in total. The van der Waals surface area contributed by atoms with E-state index in [-0.39, 0.29) is 36.2 Å². The van der Waals surface area contributed by atoms with Crippen LogP contribution in [0.4, 0.5) is 0 Å². The molecule has 0 aliphatic rings. The molecule has 0 spiro atoms. The van der Waals surface area contributed by atoms with Gasteiger partial charge in [-0.15, -0.1) is 0 Å². The first kappa shape index (κ1) is 16.5. The van der Waals surface area contributed by atoms with E-state index in [4.69, 9.17) is 37.2 Å². The molecule has 0 aliphatic carbocycles. The van der Waals surface area contributed by atoms with E-state index in [0.717, 1.165) is 0 Å².